The molecule has 1 unspecified atom stereocenters. The lowest BCUT2D eigenvalue weighted by atomic mass is 10.1. The van der Waals surface area contributed by atoms with Crippen molar-refractivity contribution in [1.29, 1.82) is 0 Å². The number of hydrazine groups is 1. The molecule has 3 N–H and O–H groups in total. The lowest BCUT2D eigenvalue weighted by Gasteiger charge is -2.20. The van der Waals surface area contributed by atoms with Gasteiger partial charge in [0.25, 0.3) is 0 Å². The molecule has 0 aromatic heterocycles. The Morgan fingerprint density at radius 1 is 1.25 bits per heavy atom. The van der Waals surface area contributed by atoms with Crippen LogP contribution in [-0.2, 0) is 4.74 Å². The summed E-state index contributed by atoms with van der Waals surface area (Å²) >= 11 is 0. The number of hydrogen-bond donors (Lipinski definition) is 2. The fourth-order valence-electron chi connectivity index (χ4n) is 1.39. The van der Waals surface area contributed by atoms with E-state index in [4.69, 9.17) is 5.84 Å². The van der Waals surface area contributed by atoms with Crippen LogP contribution in [0.1, 0.15) is 11.6 Å². The molecule has 0 radical (unpaired) electrons. The van der Waals surface area contributed by atoms with E-state index in [0.29, 0.717) is 6.07 Å². The van der Waals surface area contributed by atoms with Crippen LogP contribution in [0.5, 0.6) is 0 Å². The van der Waals surface area contributed by atoms with Crippen molar-refractivity contribution in [2.45, 2.75) is 18.4 Å². The minimum Gasteiger partial charge on any atom is -0.373 e. The molecule has 0 heterocycles. The molecule has 0 aliphatic heterocycles. The van der Waals surface area contributed by atoms with Gasteiger partial charge in [0.15, 0.2) is 0 Å². The number of alkyl halides is 4. The lowest BCUT2D eigenvalue weighted by Crippen LogP contribution is -2.36. The molecule has 20 heavy (non-hydrogen) atoms. The van der Waals surface area contributed by atoms with Crippen molar-refractivity contribution in [3.05, 3.63) is 35.4 Å². The van der Waals surface area contributed by atoms with Crippen molar-refractivity contribution >= 4 is 0 Å². The number of nitrogens with two attached hydrogens (primary N) is 1. The number of ether oxygens (including phenoxy) is 1. The summed E-state index contributed by atoms with van der Waals surface area (Å²) in [7, 11) is 0. The average Bonchev–Trinajstić information content (AvgIpc) is 2.35. The molecule has 0 saturated carbocycles. The second kappa shape index (κ2) is 6.91. The predicted octanol–water partition coefficient (Wildman–Crippen LogP) is 2.39. The summed E-state index contributed by atoms with van der Waals surface area (Å²) in [5, 5.41) is 0. The van der Waals surface area contributed by atoms with E-state index in [1.54, 1.807) is 0 Å². The highest BCUT2D eigenvalue weighted by Gasteiger charge is 2.41. The minimum absolute atomic E-state index is 0.130. The number of halogens is 6. The van der Waals surface area contributed by atoms with Gasteiger partial charge in [0, 0.05) is 11.6 Å². The van der Waals surface area contributed by atoms with Crippen LogP contribution in [0.4, 0.5) is 26.3 Å². The zero-order valence-corrected chi connectivity index (χ0v) is 10.1. The van der Waals surface area contributed by atoms with Gasteiger partial charge >= 0.3 is 12.3 Å². The standard InChI is InChI=1S/C11H12F6N2O/c12-6-1-2-7(8(13)3-6)9(19-18)4-20-5-11(16,17)10(14)15/h1-3,9-10,19H,4-5,18H2. The van der Waals surface area contributed by atoms with Gasteiger partial charge in [-0.1, -0.05) is 6.07 Å². The molecule has 0 bridgehead atoms. The molecular formula is C11H12F6N2O. The molecule has 0 aliphatic carbocycles. The molecule has 0 aliphatic rings. The van der Waals surface area contributed by atoms with Crippen LogP contribution in [-0.4, -0.2) is 25.6 Å². The Labute approximate surface area is 110 Å². The second-order valence-electron chi connectivity index (χ2n) is 3.96. The van der Waals surface area contributed by atoms with Crippen molar-refractivity contribution in [2.75, 3.05) is 13.2 Å². The molecule has 114 valence electrons. The van der Waals surface area contributed by atoms with Crippen LogP contribution in [0.3, 0.4) is 0 Å². The maximum atomic E-state index is 13.4. The number of nitrogens with one attached hydrogen (secondary N) is 1. The van der Waals surface area contributed by atoms with E-state index in [9.17, 15) is 26.3 Å². The fraction of sp³-hybridized carbons (Fsp3) is 0.455. The molecule has 1 aromatic carbocycles. The van der Waals surface area contributed by atoms with Crippen LogP contribution in [0, 0.1) is 11.6 Å². The monoisotopic (exact) mass is 302 g/mol. The van der Waals surface area contributed by atoms with Crippen LogP contribution < -0.4 is 11.3 Å². The molecule has 0 saturated heterocycles. The first-order valence-electron chi connectivity index (χ1n) is 5.42. The van der Waals surface area contributed by atoms with Crippen LogP contribution in [0.15, 0.2) is 18.2 Å². The summed E-state index contributed by atoms with van der Waals surface area (Å²) in [4.78, 5) is 0. The summed E-state index contributed by atoms with van der Waals surface area (Å²) in [5.74, 6) is -0.997. The highest BCUT2D eigenvalue weighted by atomic mass is 19.3. The Hall–Kier alpha value is -1.32. The molecule has 1 atom stereocenters. The van der Waals surface area contributed by atoms with E-state index in [1.165, 1.54) is 0 Å². The SMILES string of the molecule is NNC(COCC(F)(F)C(F)F)c1ccc(F)cc1F. The first kappa shape index (κ1) is 16.7. The predicted molar refractivity (Wildman–Crippen MR) is 58.2 cm³/mol. The van der Waals surface area contributed by atoms with E-state index >= 15 is 0 Å². The highest BCUT2D eigenvalue weighted by molar-refractivity contribution is 5.22. The molecule has 0 spiro atoms. The summed E-state index contributed by atoms with van der Waals surface area (Å²) in [6.07, 6.45) is -3.87. The molecule has 3 nitrogen and oxygen atoms in total. The molecule has 1 rings (SSSR count). The molecule has 0 amide bonds. The first-order valence-corrected chi connectivity index (χ1v) is 5.42. The molecule has 1 aromatic rings. The molecule has 9 heteroatoms. The Kier molecular flexibility index (Phi) is 5.78. The number of benzene rings is 1. The van der Waals surface area contributed by atoms with Gasteiger partial charge in [-0.3, -0.25) is 11.3 Å². The summed E-state index contributed by atoms with van der Waals surface area (Å²) < 4.78 is 79.5. The van der Waals surface area contributed by atoms with E-state index in [2.05, 4.69) is 10.2 Å². The third-order valence-electron chi connectivity index (χ3n) is 2.44. The summed E-state index contributed by atoms with van der Waals surface area (Å²) in [5.41, 5.74) is 1.94. The molecular weight excluding hydrogens is 290 g/mol. The maximum absolute atomic E-state index is 13.4. The topological polar surface area (TPSA) is 47.3 Å². The van der Waals surface area contributed by atoms with Gasteiger partial charge < -0.3 is 4.74 Å². The van der Waals surface area contributed by atoms with Gasteiger partial charge in [0.2, 0.25) is 0 Å². The average molecular weight is 302 g/mol. The molecule has 0 fully saturated rings. The fourth-order valence-corrected chi connectivity index (χ4v) is 1.39. The van der Waals surface area contributed by atoms with Gasteiger partial charge in [-0.05, 0) is 6.07 Å². The van der Waals surface area contributed by atoms with E-state index < -0.39 is 43.2 Å². The zero-order valence-electron chi connectivity index (χ0n) is 10.1. The van der Waals surface area contributed by atoms with E-state index in [-0.39, 0.29) is 5.56 Å². The van der Waals surface area contributed by atoms with Crippen LogP contribution >= 0.6 is 0 Å². The van der Waals surface area contributed by atoms with Crippen molar-refractivity contribution in [3.63, 3.8) is 0 Å². The van der Waals surface area contributed by atoms with Crippen LogP contribution in [0.25, 0.3) is 0 Å². The number of hydrogen-bond acceptors (Lipinski definition) is 3. The van der Waals surface area contributed by atoms with Gasteiger partial charge in [-0.25, -0.2) is 17.6 Å². The van der Waals surface area contributed by atoms with Crippen LogP contribution in [0.2, 0.25) is 0 Å². The van der Waals surface area contributed by atoms with Gasteiger partial charge in [0.05, 0.1) is 12.6 Å². The Bertz CT molecular complexity index is 443. The largest absolute Gasteiger partial charge is 0.373 e. The summed E-state index contributed by atoms with van der Waals surface area (Å²) in [6.45, 7) is -2.12. The quantitative estimate of drug-likeness (QED) is 0.462. The Balaban J connectivity index is 2.64. The van der Waals surface area contributed by atoms with E-state index in [1.807, 2.05) is 0 Å². The normalized spacial score (nSPS) is 13.8. The lowest BCUT2D eigenvalue weighted by molar-refractivity contribution is -0.167. The van der Waals surface area contributed by atoms with E-state index in [0.717, 1.165) is 12.1 Å². The van der Waals surface area contributed by atoms with Crippen molar-refractivity contribution in [1.82, 2.24) is 5.43 Å². The van der Waals surface area contributed by atoms with Crippen molar-refractivity contribution in [2.24, 2.45) is 5.84 Å². The van der Waals surface area contributed by atoms with Gasteiger partial charge in [0.1, 0.15) is 18.2 Å². The highest BCUT2D eigenvalue weighted by Crippen LogP contribution is 2.24. The first-order chi connectivity index (χ1) is 9.27. The Morgan fingerprint density at radius 3 is 2.40 bits per heavy atom. The van der Waals surface area contributed by atoms with Gasteiger partial charge in [-0.2, -0.15) is 8.78 Å². The maximum Gasteiger partial charge on any atom is 0.330 e. The van der Waals surface area contributed by atoms with Crippen molar-refractivity contribution in [3.8, 4) is 0 Å². The number of rotatable bonds is 7. The minimum atomic E-state index is -4.31. The smallest absolute Gasteiger partial charge is 0.330 e. The van der Waals surface area contributed by atoms with Gasteiger partial charge in [-0.15, -0.1) is 0 Å². The summed E-state index contributed by atoms with van der Waals surface area (Å²) in [6, 6.07) is 1.48. The second-order valence-corrected chi connectivity index (χ2v) is 3.96. The van der Waals surface area contributed by atoms with Crippen molar-refractivity contribution < 1.29 is 31.1 Å². The Morgan fingerprint density at radius 2 is 1.90 bits per heavy atom. The third kappa shape index (κ3) is 4.36. The third-order valence-corrected chi connectivity index (χ3v) is 2.44. The zero-order chi connectivity index (χ0) is 15.3.